The zero-order chi connectivity index (χ0) is 13.1. The lowest BCUT2D eigenvalue weighted by atomic mass is 10.0. The molecule has 17 heavy (non-hydrogen) atoms. The summed E-state index contributed by atoms with van der Waals surface area (Å²) in [5, 5.41) is 0. The third-order valence-corrected chi connectivity index (χ3v) is 3.79. The number of hydrogen-bond acceptors (Lipinski definition) is 3. The number of benzene rings is 1. The van der Waals surface area contributed by atoms with Crippen molar-refractivity contribution in [2.75, 3.05) is 12.4 Å². The molecule has 0 N–H and O–H groups in total. The van der Waals surface area contributed by atoms with Gasteiger partial charge in [0.25, 0.3) is 0 Å². The number of rotatable bonds is 5. The molecule has 0 aliphatic heterocycles. The maximum absolute atomic E-state index is 10.8. The van der Waals surface area contributed by atoms with Crippen molar-refractivity contribution in [3.05, 3.63) is 28.2 Å². The van der Waals surface area contributed by atoms with Crippen LogP contribution in [0.25, 0.3) is 0 Å². The summed E-state index contributed by atoms with van der Waals surface area (Å²) in [6.45, 7) is 4.16. The van der Waals surface area contributed by atoms with Gasteiger partial charge in [0.2, 0.25) is 9.05 Å². The highest BCUT2D eigenvalue weighted by atomic mass is 79.9. The number of halogens is 2. The lowest BCUT2D eigenvalue weighted by Crippen LogP contribution is -2.10. The fraction of sp³-hybridized carbons (Fsp3) is 0.455. The molecule has 0 aliphatic rings. The lowest BCUT2D eigenvalue weighted by Gasteiger charge is -2.14. The second kappa shape index (κ2) is 6.07. The molecule has 96 valence electrons. The maximum atomic E-state index is 10.8. The van der Waals surface area contributed by atoms with Gasteiger partial charge >= 0.3 is 0 Å². The van der Waals surface area contributed by atoms with Gasteiger partial charge in [-0.3, -0.25) is 0 Å². The summed E-state index contributed by atoms with van der Waals surface area (Å²) in [4.78, 5) is 0. The van der Waals surface area contributed by atoms with Crippen molar-refractivity contribution in [1.82, 2.24) is 0 Å². The zero-order valence-electron chi connectivity index (χ0n) is 9.61. The van der Waals surface area contributed by atoms with E-state index in [4.69, 9.17) is 15.4 Å². The molecule has 1 aromatic carbocycles. The van der Waals surface area contributed by atoms with Gasteiger partial charge in [-0.2, -0.15) is 0 Å². The lowest BCUT2D eigenvalue weighted by molar-refractivity contribution is 0.336. The fourth-order valence-electron chi connectivity index (χ4n) is 1.35. The van der Waals surface area contributed by atoms with Crippen molar-refractivity contribution >= 4 is 35.7 Å². The van der Waals surface area contributed by atoms with E-state index in [2.05, 4.69) is 15.9 Å². The van der Waals surface area contributed by atoms with E-state index < -0.39 is 9.05 Å². The van der Waals surface area contributed by atoms with Gasteiger partial charge in [-0.1, -0.05) is 29.8 Å². The molecule has 1 aromatic rings. The van der Waals surface area contributed by atoms with E-state index in [1.165, 1.54) is 0 Å². The van der Waals surface area contributed by atoms with Crippen molar-refractivity contribution in [2.24, 2.45) is 0 Å². The molecule has 1 rings (SSSR count). The van der Waals surface area contributed by atoms with Crippen molar-refractivity contribution in [3.8, 4) is 5.75 Å². The summed E-state index contributed by atoms with van der Waals surface area (Å²) in [5.74, 6) is 0.806. The Bertz CT molecular complexity index is 485. The van der Waals surface area contributed by atoms with Crippen LogP contribution in [-0.2, 0) is 9.05 Å². The molecule has 0 aromatic heterocycles. The van der Waals surface area contributed by atoms with E-state index in [9.17, 15) is 8.42 Å². The Balaban J connectivity index is 2.77. The van der Waals surface area contributed by atoms with Crippen molar-refractivity contribution < 1.29 is 13.2 Å². The Kier molecular flexibility index (Phi) is 5.28. The molecule has 0 amide bonds. The van der Waals surface area contributed by atoms with E-state index >= 15 is 0 Å². The molecular weight excluding hydrogens is 328 g/mol. The molecule has 0 saturated heterocycles. The van der Waals surface area contributed by atoms with Crippen LogP contribution in [0, 0.1) is 0 Å². The summed E-state index contributed by atoms with van der Waals surface area (Å²) in [7, 11) is 1.61. The number of hydrogen-bond donors (Lipinski definition) is 0. The van der Waals surface area contributed by atoms with Crippen molar-refractivity contribution in [3.63, 3.8) is 0 Å². The Labute approximate surface area is 115 Å². The summed E-state index contributed by atoms with van der Waals surface area (Å²) in [6.07, 6.45) is 0. The molecule has 0 aliphatic carbocycles. The standard InChI is InChI=1S/C11H14BrClO3S/c1-8(2)10-7-9(12)3-4-11(10)16-5-6-17(13,14)15/h3-4,7-8H,5-6H2,1-2H3. The molecule has 0 bridgehead atoms. The highest BCUT2D eigenvalue weighted by Gasteiger charge is 2.10. The zero-order valence-corrected chi connectivity index (χ0v) is 12.8. The van der Waals surface area contributed by atoms with Crippen molar-refractivity contribution in [2.45, 2.75) is 19.8 Å². The van der Waals surface area contributed by atoms with E-state index in [-0.39, 0.29) is 12.4 Å². The first kappa shape index (κ1) is 14.8. The molecule has 3 nitrogen and oxygen atoms in total. The SMILES string of the molecule is CC(C)c1cc(Br)ccc1OCCS(=O)(=O)Cl. The third-order valence-electron chi connectivity index (χ3n) is 2.18. The Hall–Kier alpha value is -0.260. The average Bonchev–Trinajstić information content (AvgIpc) is 2.18. The topological polar surface area (TPSA) is 43.4 Å². The third kappa shape index (κ3) is 5.27. The van der Waals surface area contributed by atoms with Crippen LogP contribution in [0.3, 0.4) is 0 Å². The van der Waals surface area contributed by atoms with E-state index in [1.54, 1.807) is 0 Å². The number of ether oxygens (including phenoxy) is 1. The molecule has 0 unspecified atom stereocenters. The van der Waals surface area contributed by atoms with Gasteiger partial charge in [0.15, 0.2) is 0 Å². The summed E-state index contributed by atoms with van der Waals surface area (Å²) >= 11 is 3.39. The molecule has 0 fully saturated rings. The summed E-state index contributed by atoms with van der Waals surface area (Å²) in [6, 6.07) is 5.64. The van der Waals surface area contributed by atoms with Crippen molar-refractivity contribution in [1.29, 1.82) is 0 Å². The van der Waals surface area contributed by atoms with Crippen LogP contribution in [0.4, 0.5) is 0 Å². The second-order valence-electron chi connectivity index (χ2n) is 3.93. The summed E-state index contributed by atoms with van der Waals surface area (Å²) < 4.78 is 28.0. The molecular formula is C11H14BrClO3S. The Morgan fingerprint density at radius 3 is 2.59 bits per heavy atom. The van der Waals surface area contributed by atoms with Crippen LogP contribution in [0.5, 0.6) is 5.75 Å². The highest BCUT2D eigenvalue weighted by molar-refractivity contribution is 9.10. The van der Waals surface area contributed by atoms with Gasteiger partial charge in [0, 0.05) is 15.2 Å². The van der Waals surface area contributed by atoms with Crippen LogP contribution in [0.2, 0.25) is 0 Å². The normalized spacial score (nSPS) is 11.8. The molecule has 0 spiro atoms. The predicted molar refractivity (Wildman–Crippen MR) is 73.4 cm³/mol. The van der Waals surface area contributed by atoms with Crippen LogP contribution in [0.15, 0.2) is 22.7 Å². The molecule has 0 heterocycles. The minimum absolute atomic E-state index is 0.0627. The van der Waals surface area contributed by atoms with Gasteiger partial charge < -0.3 is 4.74 Å². The van der Waals surface area contributed by atoms with E-state index in [0.29, 0.717) is 11.7 Å². The van der Waals surface area contributed by atoms with Gasteiger partial charge in [-0.25, -0.2) is 8.42 Å². The van der Waals surface area contributed by atoms with Gasteiger partial charge in [0.1, 0.15) is 12.4 Å². The fourth-order valence-corrected chi connectivity index (χ4v) is 2.20. The van der Waals surface area contributed by atoms with E-state index in [1.807, 2.05) is 32.0 Å². The molecule has 0 radical (unpaired) electrons. The highest BCUT2D eigenvalue weighted by Crippen LogP contribution is 2.29. The van der Waals surface area contributed by atoms with Crippen LogP contribution >= 0.6 is 26.6 Å². The van der Waals surface area contributed by atoms with Crippen LogP contribution in [-0.4, -0.2) is 20.8 Å². The first-order chi connectivity index (χ1) is 7.79. The predicted octanol–water partition coefficient (Wildman–Crippen LogP) is 3.52. The van der Waals surface area contributed by atoms with E-state index in [0.717, 1.165) is 10.0 Å². The maximum Gasteiger partial charge on any atom is 0.235 e. The quantitative estimate of drug-likeness (QED) is 0.770. The summed E-state index contributed by atoms with van der Waals surface area (Å²) in [5.41, 5.74) is 1.03. The molecule has 0 saturated carbocycles. The minimum atomic E-state index is -3.50. The first-order valence-corrected chi connectivity index (χ1v) is 8.41. The van der Waals surface area contributed by atoms with Gasteiger partial charge in [-0.15, -0.1) is 0 Å². The van der Waals surface area contributed by atoms with Crippen LogP contribution in [0.1, 0.15) is 25.3 Å². The largest absolute Gasteiger partial charge is 0.492 e. The van der Waals surface area contributed by atoms with Crippen LogP contribution < -0.4 is 4.74 Å². The molecule has 6 heteroatoms. The monoisotopic (exact) mass is 340 g/mol. The smallest absolute Gasteiger partial charge is 0.235 e. The first-order valence-electron chi connectivity index (χ1n) is 5.14. The Morgan fingerprint density at radius 1 is 1.41 bits per heavy atom. The second-order valence-corrected chi connectivity index (χ2v) is 7.74. The van der Waals surface area contributed by atoms with Gasteiger partial charge in [-0.05, 0) is 29.7 Å². The minimum Gasteiger partial charge on any atom is -0.492 e. The van der Waals surface area contributed by atoms with Gasteiger partial charge in [0.05, 0.1) is 5.75 Å². The molecule has 0 atom stereocenters. The average molecular weight is 342 g/mol. The Morgan fingerprint density at radius 2 is 2.06 bits per heavy atom.